The third-order valence-corrected chi connectivity index (χ3v) is 2.67. The van der Waals surface area contributed by atoms with Crippen molar-refractivity contribution in [2.24, 2.45) is 0 Å². The molecule has 5 heteroatoms. The van der Waals surface area contributed by atoms with Gasteiger partial charge in [-0.15, -0.1) is 0 Å². The van der Waals surface area contributed by atoms with Crippen LogP contribution in [0.1, 0.15) is 6.92 Å². The number of imidazole rings is 1. The zero-order valence-electron chi connectivity index (χ0n) is 11.7. The van der Waals surface area contributed by atoms with E-state index in [0.29, 0.717) is 26.4 Å². The van der Waals surface area contributed by atoms with Crippen molar-refractivity contribution in [3.63, 3.8) is 0 Å². The molecule has 0 bridgehead atoms. The third-order valence-electron chi connectivity index (χ3n) is 2.67. The summed E-state index contributed by atoms with van der Waals surface area (Å²) in [6, 6.07) is 7.63. The Morgan fingerprint density at radius 3 is 2.70 bits per heavy atom. The molecule has 0 saturated carbocycles. The van der Waals surface area contributed by atoms with Crippen LogP contribution in [0.2, 0.25) is 0 Å². The largest absolute Gasteiger partial charge is 0.494 e. The number of rotatable bonds is 9. The monoisotopic (exact) mass is 276 g/mol. The Morgan fingerprint density at radius 1 is 1.10 bits per heavy atom. The lowest BCUT2D eigenvalue weighted by atomic mass is 10.3. The van der Waals surface area contributed by atoms with Gasteiger partial charge < -0.3 is 18.8 Å². The summed E-state index contributed by atoms with van der Waals surface area (Å²) < 4.78 is 18.5. The van der Waals surface area contributed by atoms with E-state index in [9.17, 15) is 0 Å². The molecule has 0 spiro atoms. The Hall–Kier alpha value is -2.01. The maximum atomic E-state index is 5.61. The predicted octanol–water partition coefficient (Wildman–Crippen LogP) is 2.38. The number of benzene rings is 1. The second kappa shape index (κ2) is 8.22. The van der Waals surface area contributed by atoms with Crippen LogP contribution in [0.15, 0.2) is 43.0 Å². The van der Waals surface area contributed by atoms with Crippen molar-refractivity contribution >= 4 is 0 Å². The van der Waals surface area contributed by atoms with Crippen LogP contribution in [0, 0.1) is 0 Å². The lowest BCUT2D eigenvalue weighted by Crippen LogP contribution is -2.10. The molecule has 1 heterocycles. The molecule has 0 amide bonds. The van der Waals surface area contributed by atoms with Crippen molar-refractivity contribution in [1.82, 2.24) is 9.55 Å². The molecule has 0 aliphatic rings. The summed E-state index contributed by atoms with van der Waals surface area (Å²) in [5.41, 5.74) is 0. The standard InChI is InChI=1S/C15H20N2O3/c1-2-19-14-4-3-5-15(12-14)20-11-10-18-9-8-17-7-6-16-13-17/h3-7,12-13H,2,8-11H2,1H3. The van der Waals surface area contributed by atoms with E-state index in [1.165, 1.54) is 0 Å². The van der Waals surface area contributed by atoms with Gasteiger partial charge in [0, 0.05) is 25.0 Å². The SMILES string of the molecule is CCOc1cccc(OCCOCCn2ccnc2)c1. The number of hydrogen-bond acceptors (Lipinski definition) is 4. The van der Waals surface area contributed by atoms with Crippen molar-refractivity contribution in [1.29, 1.82) is 0 Å². The maximum Gasteiger partial charge on any atom is 0.123 e. The van der Waals surface area contributed by atoms with Crippen LogP contribution in [-0.2, 0) is 11.3 Å². The summed E-state index contributed by atoms with van der Waals surface area (Å²) in [5.74, 6) is 1.63. The summed E-state index contributed by atoms with van der Waals surface area (Å²) in [6.45, 7) is 5.16. The fraction of sp³-hybridized carbons (Fsp3) is 0.400. The first-order valence-electron chi connectivity index (χ1n) is 6.77. The molecular formula is C15H20N2O3. The first-order chi connectivity index (χ1) is 9.88. The van der Waals surface area contributed by atoms with Gasteiger partial charge in [-0.2, -0.15) is 0 Å². The van der Waals surface area contributed by atoms with Crippen LogP contribution in [0.3, 0.4) is 0 Å². The van der Waals surface area contributed by atoms with Crippen molar-refractivity contribution < 1.29 is 14.2 Å². The Bertz CT molecular complexity index is 486. The third kappa shape index (κ3) is 4.93. The van der Waals surface area contributed by atoms with E-state index in [1.807, 2.05) is 42.0 Å². The van der Waals surface area contributed by atoms with E-state index in [0.717, 1.165) is 18.0 Å². The van der Waals surface area contributed by atoms with Crippen LogP contribution in [0.4, 0.5) is 0 Å². The van der Waals surface area contributed by atoms with Crippen LogP contribution in [0.25, 0.3) is 0 Å². The molecule has 2 rings (SSSR count). The molecule has 1 aromatic heterocycles. The molecule has 1 aromatic carbocycles. The summed E-state index contributed by atoms with van der Waals surface area (Å²) in [7, 11) is 0. The van der Waals surface area contributed by atoms with Gasteiger partial charge in [-0.25, -0.2) is 4.98 Å². The minimum Gasteiger partial charge on any atom is -0.494 e. The fourth-order valence-corrected chi connectivity index (χ4v) is 1.73. The lowest BCUT2D eigenvalue weighted by Gasteiger charge is -2.09. The molecule has 0 N–H and O–H groups in total. The quantitative estimate of drug-likeness (QED) is 0.660. The van der Waals surface area contributed by atoms with Crippen molar-refractivity contribution in [3.8, 4) is 11.5 Å². The first kappa shape index (κ1) is 14.4. The minimum absolute atomic E-state index is 0.527. The highest BCUT2D eigenvalue weighted by Gasteiger charge is 1.97. The summed E-state index contributed by atoms with van der Waals surface area (Å²) in [6.07, 6.45) is 5.45. The zero-order valence-corrected chi connectivity index (χ0v) is 11.7. The molecule has 0 unspecified atom stereocenters. The van der Waals surface area contributed by atoms with Crippen molar-refractivity contribution in [3.05, 3.63) is 43.0 Å². The maximum absolute atomic E-state index is 5.61. The lowest BCUT2D eigenvalue weighted by molar-refractivity contribution is 0.0942. The second-order valence-corrected chi connectivity index (χ2v) is 4.17. The van der Waals surface area contributed by atoms with E-state index < -0.39 is 0 Å². The average Bonchev–Trinajstić information content (AvgIpc) is 2.97. The molecule has 0 atom stereocenters. The second-order valence-electron chi connectivity index (χ2n) is 4.17. The number of nitrogens with zero attached hydrogens (tertiary/aromatic N) is 2. The van der Waals surface area contributed by atoms with Crippen LogP contribution >= 0.6 is 0 Å². The van der Waals surface area contributed by atoms with E-state index in [1.54, 1.807) is 12.5 Å². The summed E-state index contributed by atoms with van der Waals surface area (Å²) >= 11 is 0. The summed E-state index contributed by atoms with van der Waals surface area (Å²) in [5, 5.41) is 0. The molecule has 0 saturated heterocycles. The van der Waals surface area contributed by atoms with E-state index in [4.69, 9.17) is 14.2 Å². The first-order valence-corrected chi connectivity index (χ1v) is 6.77. The predicted molar refractivity (Wildman–Crippen MR) is 76.2 cm³/mol. The number of hydrogen-bond donors (Lipinski definition) is 0. The highest BCUT2D eigenvalue weighted by atomic mass is 16.5. The minimum atomic E-state index is 0.527. The van der Waals surface area contributed by atoms with Gasteiger partial charge in [0.25, 0.3) is 0 Å². The van der Waals surface area contributed by atoms with E-state index in [-0.39, 0.29) is 0 Å². The average molecular weight is 276 g/mol. The number of aromatic nitrogens is 2. The van der Waals surface area contributed by atoms with Gasteiger partial charge in [-0.05, 0) is 19.1 Å². The van der Waals surface area contributed by atoms with Gasteiger partial charge in [0.2, 0.25) is 0 Å². The van der Waals surface area contributed by atoms with Crippen LogP contribution < -0.4 is 9.47 Å². The topological polar surface area (TPSA) is 45.5 Å². The zero-order chi connectivity index (χ0) is 14.0. The molecule has 5 nitrogen and oxygen atoms in total. The molecule has 108 valence electrons. The molecule has 2 aromatic rings. The van der Waals surface area contributed by atoms with Gasteiger partial charge >= 0.3 is 0 Å². The van der Waals surface area contributed by atoms with E-state index in [2.05, 4.69) is 4.98 Å². The van der Waals surface area contributed by atoms with Crippen LogP contribution in [0.5, 0.6) is 11.5 Å². The molecule has 0 fully saturated rings. The van der Waals surface area contributed by atoms with Crippen molar-refractivity contribution in [2.45, 2.75) is 13.5 Å². The Kier molecular flexibility index (Phi) is 5.92. The van der Waals surface area contributed by atoms with Gasteiger partial charge in [-0.3, -0.25) is 0 Å². The highest BCUT2D eigenvalue weighted by Crippen LogP contribution is 2.19. The Morgan fingerprint density at radius 2 is 1.95 bits per heavy atom. The smallest absolute Gasteiger partial charge is 0.123 e. The van der Waals surface area contributed by atoms with E-state index >= 15 is 0 Å². The molecule has 0 radical (unpaired) electrons. The van der Waals surface area contributed by atoms with Crippen molar-refractivity contribution in [2.75, 3.05) is 26.4 Å². The molecular weight excluding hydrogens is 256 g/mol. The summed E-state index contributed by atoms with van der Waals surface area (Å²) in [4.78, 5) is 3.97. The fourth-order valence-electron chi connectivity index (χ4n) is 1.73. The molecule has 0 aliphatic heterocycles. The van der Waals surface area contributed by atoms with Gasteiger partial charge in [-0.1, -0.05) is 6.07 Å². The normalized spacial score (nSPS) is 10.4. The number of ether oxygens (including phenoxy) is 3. The van der Waals surface area contributed by atoms with Gasteiger partial charge in [0.05, 0.1) is 26.1 Å². The van der Waals surface area contributed by atoms with Crippen LogP contribution in [-0.4, -0.2) is 36.0 Å². The molecule has 0 aliphatic carbocycles. The highest BCUT2D eigenvalue weighted by molar-refractivity contribution is 5.32. The van der Waals surface area contributed by atoms with Gasteiger partial charge in [0.15, 0.2) is 0 Å². The Labute approximate surface area is 119 Å². The molecule has 20 heavy (non-hydrogen) atoms. The van der Waals surface area contributed by atoms with Gasteiger partial charge in [0.1, 0.15) is 18.1 Å². The Balaban J connectivity index is 1.59.